The molecule has 0 atom stereocenters. The van der Waals surface area contributed by atoms with Gasteiger partial charge in [0.2, 0.25) is 0 Å². The number of hydrogen-bond donors (Lipinski definition) is 4. The molecule has 6 rings (SSSR count). The Hall–Kier alpha value is -3.34. The lowest BCUT2D eigenvalue weighted by Gasteiger charge is -2.36. The van der Waals surface area contributed by atoms with Gasteiger partial charge in [0.15, 0.2) is 5.65 Å². The standard InChI is InChI=1S/C31H43ClN10/c1-34-27(8-11-33)35-12-15-40-16-18-42(19-17-40)25-6-4-23(5-7-25)30-38-29-28(26(32)20-36-31(29)39-30)37-24-9-13-41(14-10-24)21-22-2-3-22/h4-8,11,20,22,24H,2-3,9-10,12-19,21,33H2,1H3,(H,34,35)(H2,36,37,38,39). The number of nitrogens with zero attached hydrogens (tertiary/aromatic N) is 6. The summed E-state index contributed by atoms with van der Waals surface area (Å²) in [5.41, 5.74) is 10.2. The number of piperidine rings is 1. The predicted molar refractivity (Wildman–Crippen MR) is 173 cm³/mol. The number of halogens is 1. The molecule has 2 aromatic heterocycles. The van der Waals surface area contributed by atoms with Crippen LogP contribution in [0.4, 0.5) is 11.4 Å². The Balaban J connectivity index is 1.04. The van der Waals surface area contributed by atoms with Crippen LogP contribution in [0.15, 0.2) is 47.7 Å². The molecule has 3 aromatic rings. The van der Waals surface area contributed by atoms with Crippen LogP contribution in [-0.4, -0.2) is 103 Å². The highest BCUT2D eigenvalue weighted by molar-refractivity contribution is 6.34. The number of nitrogens with two attached hydrogens (primary N) is 1. The Morgan fingerprint density at radius 1 is 1.07 bits per heavy atom. The van der Waals surface area contributed by atoms with Crippen LogP contribution < -0.4 is 21.3 Å². The summed E-state index contributed by atoms with van der Waals surface area (Å²) in [4.78, 5) is 24.6. The fourth-order valence-corrected chi connectivity index (χ4v) is 6.24. The van der Waals surface area contributed by atoms with Crippen LogP contribution in [-0.2, 0) is 0 Å². The number of fused-ring (bicyclic) bond motifs is 1. The molecule has 224 valence electrons. The third-order valence-electron chi connectivity index (χ3n) is 8.73. The second kappa shape index (κ2) is 13.3. The van der Waals surface area contributed by atoms with E-state index in [2.05, 4.69) is 64.6 Å². The Morgan fingerprint density at radius 2 is 1.83 bits per heavy atom. The van der Waals surface area contributed by atoms with Crippen molar-refractivity contribution in [1.82, 2.24) is 30.1 Å². The van der Waals surface area contributed by atoms with E-state index in [1.54, 1.807) is 19.3 Å². The molecule has 0 unspecified atom stereocenters. The smallest absolute Gasteiger partial charge is 0.180 e. The van der Waals surface area contributed by atoms with Gasteiger partial charge in [-0.15, -0.1) is 0 Å². The first-order valence-electron chi connectivity index (χ1n) is 15.3. The Bertz CT molecular complexity index is 1380. The third kappa shape index (κ3) is 6.99. The van der Waals surface area contributed by atoms with Gasteiger partial charge in [-0.1, -0.05) is 11.6 Å². The first-order chi connectivity index (χ1) is 20.6. The molecule has 0 spiro atoms. The number of imidazole rings is 1. The van der Waals surface area contributed by atoms with E-state index in [0.29, 0.717) is 16.7 Å². The van der Waals surface area contributed by atoms with Crippen LogP contribution in [0.1, 0.15) is 25.7 Å². The fourth-order valence-electron chi connectivity index (χ4n) is 6.05. The molecule has 4 heterocycles. The van der Waals surface area contributed by atoms with Crippen molar-refractivity contribution in [2.75, 3.05) is 76.2 Å². The van der Waals surface area contributed by atoms with Crippen molar-refractivity contribution in [3.63, 3.8) is 0 Å². The number of nitrogens with one attached hydrogen (secondary N) is 3. The zero-order chi connectivity index (χ0) is 28.9. The van der Waals surface area contributed by atoms with Crippen LogP contribution in [0.3, 0.4) is 0 Å². The summed E-state index contributed by atoms with van der Waals surface area (Å²) in [6.45, 7) is 9.44. The number of H-pyrrole nitrogens is 1. The number of amidine groups is 1. The Morgan fingerprint density at radius 3 is 2.52 bits per heavy atom. The van der Waals surface area contributed by atoms with E-state index in [4.69, 9.17) is 22.3 Å². The molecular formula is C31H43ClN10. The number of piperazine rings is 1. The molecule has 3 aliphatic rings. The molecular weight excluding hydrogens is 548 g/mol. The van der Waals surface area contributed by atoms with Gasteiger partial charge in [0.05, 0.1) is 16.9 Å². The minimum atomic E-state index is 0.405. The monoisotopic (exact) mass is 590 g/mol. The molecule has 2 aliphatic heterocycles. The topological polar surface area (TPSA) is 114 Å². The van der Waals surface area contributed by atoms with Crippen LogP contribution in [0.2, 0.25) is 5.02 Å². The summed E-state index contributed by atoms with van der Waals surface area (Å²) in [7, 11) is 1.77. The maximum atomic E-state index is 6.65. The molecule has 42 heavy (non-hydrogen) atoms. The summed E-state index contributed by atoms with van der Waals surface area (Å²) >= 11 is 6.65. The number of pyridine rings is 1. The van der Waals surface area contributed by atoms with Gasteiger partial charge in [-0.3, -0.25) is 9.89 Å². The van der Waals surface area contributed by atoms with Crippen LogP contribution in [0.25, 0.3) is 22.6 Å². The number of aliphatic imine (C=N–C) groups is 1. The number of aromatic nitrogens is 3. The van der Waals surface area contributed by atoms with Gasteiger partial charge in [0.1, 0.15) is 17.2 Å². The van der Waals surface area contributed by atoms with E-state index in [-0.39, 0.29) is 0 Å². The van der Waals surface area contributed by atoms with Gasteiger partial charge < -0.3 is 31.2 Å². The lowest BCUT2D eigenvalue weighted by Crippen LogP contribution is -2.48. The average Bonchev–Trinajstić information content (AvgIpc) is 3.73. The molecule has 0 radical (unpaired) electrons. The van der Waals surface area contributed by atoms with Crippen LogP contribution >= 0.6 is 11.6 Å². The maximum absolute atomic E-state index is 6.65. The van der Waals surface area contributed by atoms with Crippen molar-refractivity contribution in [1.29, 1.82) is 0 Å². The van der Waals surface area contributed by atoms with E-state index in [0.717, 1.165) is 99.5 Å². The van der Waals surface area contributed by atoms with Gasteiger partial charge in [-0.05, 0) is 68.1 Å². The first-order valence-corrected chi connectivity index (χ1v) is 15.7. The zero-order valence-electron chi connectivity index (χ0n) is 24.5. The Labute approximate surface area is 253 Å². The largest absolute Gasteiger partial charge is 0.404 e. The molecule has 10 nitrogen and oxygen atoms in total. The van der Waals surface area contributed by atoms with Crippen molar-refractivity contribution >= 4 is 40.0 Å². The summed E-state index contributed by atoms with van der Waals surface area (Å²) in [6, 6.07) is 9.08. The molecule has 3 fully saturated rings. The first kappa shape index (κ1) is 28.8. The van der Waals surface area contributed by atoms with E-state index in [9.17, 15) is 0 Å². The van der Waals surface area contributed by atoms with Gasteiger partial charge in [-0.25, -0.2) is 9.97 Å². The van der Waals surface area contributed by atoms with Crippen molar-refractivity contribution in [3.05, 3.63) is 47.8 Å². The number of rotatable bonds is 10. The van der Waals surface area contributed by atoms with Gasteiger partial charge in [0.25, 0.3) is 0 Å². The maximum Gasteiger partial charge on any atom is 0.180 e. The van der Waals surface area contributed by atoms with E-state index in [1.807, 2.05) is 0 Å². The molecule has 1 aromatic carbocycles. The third-order valence-corrected chi connectivity index (χ3v) is 9.02. The molecule has 11 heteroatoms. The molecule has 1 saturated carbocycles. The highest BCUT2D eigenvalue weighted by Gasteiger charge is 2.27. The molecule has 0 amide bonds. The molecule has 2 saturated heterocycles. The molecule has 0 bridgehead atoms. The van der Waals surface area contributed by atoms with Crippen molar-refractivity contribution in [2.24, 2.45) is 16.6 Å². The number of likely N-dealkylation sites (tertiary alicyclic amines) is 1. The number of hydrogen-bond acceptors (Lipinski definition) is 8. The summed E-state index contributed by atoms with van der Waals surface area (Å²) < 4.78 is 0. The predicted octanol–water partition coefficient (Wildman–Crippen LogP) is 3.78. The highest BCUT2D eigenvalue weighted by Crippen LogP contribution is 2.34. The Kier molecular flexibility index (Phi) is 9.12. The SMILES string of the molecule is CN=C(C=CN)NCCN1CCN(c2ccc(-c3nc4ncc(Cl)c(NC5CCN(CC6CC6)CC5)c4[nH]3)cc2)CC1. The highest BCUT2D eigenvalue weighted by atomic mass is 35.5. The van der Waals surface area contributed by atoms with Crippen LogP contribution in [0.5, 0.6) is 0 Å². The quantitative estimate of drug-likeness (QED) is 0.208. The number of anilines is 2. The van der Waals surface area contributed by atoms with Crippen molar-refractivity contribution < 1.29 is 0 Å². The van der Waals surface area contributed by atoms with E-state index in [1.165, 1.54) is 31.3 Å². The van der Waals surface area contributed by atoms with E-state index >= 15 is 0 Å². The van der Waals surface area contributed by atoms with Gasteiger partial charge in [-0.2, -0.15) is 0 Å². The summed E-state index contributed by atoms with van der Waals surface area (Å²) in [5.74, 6) is 2.57. The van der Waals surface area contributed by atoms with Gasteiger partial charge >= 0.3 is 0 Å². The van der Waals surface area contributed by atoms with Crippen LogP contribution in [0, 0.1) is 5.92 Å². The second-order valence-electron chi connectivity index (χ2n) is 11.7. The van der Waals surface area contributed by atoms with Crippen molar-refractivity contribution in [3.8, 4) is 11.4 Å². The number of aromatic amines is 1. The minimum absolute atomic E-state index is 0.405. The van der Waals surface area contributed by atoms with Gasteiger partial charge in [0, 0.05) is 83.2 Å². The summed E-state index contributed by atoms with van der Waals surface area (Å²) in [5, 5.41) is 7.69. The molecule has 1 aliphatic carbocycles. The lowest BCUT2D eigenvalue weighted by molar-refractivity contribution is 0.211. The normalized spacial score (nSPS) is 19.7. The van der Waals surface area contributed by atoms with E-state index < -0.39 is 0 Å². The number of benzene rings is 1. The zero-order valence-corrected chi connectivity index (χ0v) is 25.3. The second-order valence-corrected chi connectivity index (χ2v) is 12.1. The lowest BCUT2D eigenvalue weighted by atomic mass is 10.0. The fraction of sp³-hybridized carbons (Fsp3) is 0.516. The average molecular weight is 591 g/mol. The van der Waals surface area contributed by atoms with Crippen molar-refractivity contribution in [2.45, 2.75) is 31.7 Å². The molecule has 5 N–H and O–H groups in total. The minimum Gasteiger partial charge on any atom is -0.404 e. The summed E-state index contributed by atoms with van der Waals surface area (Å²) in [6.07, 6.45) is 10.1.